The average Bonchev–Trinajstić information content (AvgIpc) is 2.12. The van der Waals surface area contributed by atoms with E-state index in [4.69, 9.17) is 4.80 Å². The molecule has 1 unspecified atom stereocenters. The lowest BCUT2D eigenvalue weighted by atomic mass is 11.3. The van der Waals surface area contributed by atoms with Crippen LogP contribution in [0.25, 0.3) is 0 Å². The van der Waals surface area contributed by atoms with Crippen molar-refractivity contribution < 1.29 is 4.80 Å². The Morgan fingerprint density at radius 3 is 2.88 bits per heavy atom. The predicted molar refractivity (Wildman–Crippen MR) is 31.2 cm³/mol. The fourth-order valence-electron chi connectivity index (χ4n) is 0.419. The van der Waals surface area contributed by atoms with E-state index in [0.717, 1.165) is 0 Å². The molecule has 0 aliphatic carbocycles. The van der Waals surface area contributed by atoms with Crippen molar-refractivity contribution in [2.24, 2.45) is 0 Å². The lowest BCUT2D eigenvalue weighted by Gasteiger charge is -1.90. The first-order valence-corrected chi connectivity index (χ1v) is 4.59. The summed E-state index contributed by atoms with van der Waals surface area (Å²) in [4.78, 5) is 11.6. The van der Waals surface area contributed by atoms with E-state index in [1.165, 1.54) is 6.33 Å². The molecule has 1 aromatic heterocycles. The topological polar surface area (TPSA) is 61.8 Å². The molecule has 0 spiro atoms. The Morgan fingerprint density at radius 2 is 2.62 bits per heavy atom. The molecule has 1 heterocycles. The van der Waals surface area contributed by atoms with Crippen LogP contribution in [0.4, 0.5) is 0 Å². The second kappa shape index (κ2) is 2.06. The number of rotatable bonds is 1. The maximum absolute atomic E-state index is 8.92. The van der Waals surface area contributed by atoms with Gasteiger partial charge in [0.1, 0.15) is 11.8 Å². The van der Waals surface area contributed by atoms with Crippen molar-refractivity contribution in [3.63, 3.8) is 0 Å². The van der Waals surface area contributed by atoms with Gasteiger partial charge in [-0.05, 0) is 6.55 Å². The van der Waals surface area contributed by atoms with Gasteiger partial charge in [0.15, 0.2) is 0 Å². The van der Waals surface area contributed by atoms with Crippen LogP contribution < -0.4 is 5.45 Å². The molecule has 0 aliphatic heterocycles. The molecular weight excluding hydrogens is 122 g/mol. The van der Waals surface area contributed by atoms with Crippen LogP contribution in [-0.4, -0.2) is 29.0 Å². The third-order valence-corrected chi connectivity index (χ3v) is 1.90. The maximum Gasteiger partial charge on any atom is 0.244 e. The Morgan fingerprint density at radius 1 is 1.88 bits per heavy atom. The minimum absolute atomic E-state index is 0.644. The van der Waals surface area contributed by atoms with E-state index in [9.17, 15) is 0 Å². The summed E-state index contributed by atoms with van der Waals surface area (Å²) in [6, 6.07) is 0. The summed E-state index contributed by atoms with van der Waals surface area (Å²) in [6.07, 6.45) is 1.47. The SMILES string of the molecule is C[SiH](O)c1nnc[nH]1. The van der Waals surface area contributed by atoms with Crippen molar-refractivity contribution in [2.45, 2.75) is 6.55 Å². The molecule has 1 aromatic rings. The lowest BCUT2D eigenvalue weighted by Crippen LogP contribution is -2.29. The van der Waals surface area contributed by atoms with E-state index in [2.05, 4.69) is 15.2 Å². The van der Waals surface area contributed by atoms with E-state index >= 15 is 0 Å². The van der Waals surface area contributed by atoms with Crippen LogP contribution in [0.2, 0.25) is 6.55 Å². The Labute approximate surface area is 48.3 Å². The largest absolute Gasteiger partial charge is 0.427 e. The molecule has 4 nitrogen and oxygen atoms in total. The van der Waals surface area contributed by atoms with Crippen LogP contribution in [0.1, 0.15) is 0 Å². The Balaban J connectivity index is 2.77. The Hall–Kier alpha value is -0.683. The van der Waals surface area contributed by atoms with Gasteiger partial charge in [0.05, 0.1) is 0 Å². The normalized spacial score (nSPS) is 13.8. The zero-order valence-electron chi connectivity index (χ0n) is 4.50. The number of nitrogens with one attached hydrogen (secondary N) is 1. The maximum atomic E-state index is 8.92. The van der Waals surface area contributed by atoms with E-state index < -0.39 is 9.04 Å². The summed E-state index contributed by atoms with van der Waals surface area (Å²) >= 11 is 0. The van der Waals surface area contributed by atoms with Gasteiger partial charge < -0.3 is 9.78 Å². The first-order valence-electron chi connectivity index (χ1n) is 2.34. The molecule has 0 radical (unpaired) electrons. The van der Waals surface area contributed by atoms with E-state index in [-0.39, 0.29) is 0 Å². The van der Waals surface area contributed by atoms with Crippen LogP contribution in [0.15, 0.2) is 6.33 Å². The van der Waals surface area contributed by atoms with Crippen molar-refractivity contribution in [1.82, 2.24) is 15.2 Å². The van der Waals surface area contributed by atoms with E-state index in [0.29, 0.717) is 5.45 Å². The first-order chi connectivity index (χ1) is 3.80. The molecule has 2 N–H and O–H groups in total. The molecule has 0 amide bonds. The summed E-state index contributed by atoms with van der Waals surface area (Å²) in [5, 5.41) is 7.13. The van der Waals surface area contributed by atoms with Gasteiger partial charge in [0.2, 0.25) is 9.04 Å². The van der Waals surface area contributed by atoms with Crippen molar-refractivity contribution in [1.29, 1.82) is 0 Å². The highest BCUT2D eigenvalue weighted by Crippen LogP contribution is 1.68. The number of hydrogen-bond donors (Lipinski definition) is 2. The number of nitrogens with zero attached hydrogens (tertiary/aromatic N) is 2. The number of H-pyrrole nitrogens is 1. The molecule has 0 saturated carbocycles. The zero-order chi connectivity index (χ0) is 5.98. The van der Waals surface area contributed by atoms with Gasteiger partial charge in [0, 0.05) is 0 Å². The molecule has 0 saturated heterocycles. The second-order valence-electron chi connectivity index (χ2n) is 1.55. The minimum atomic E-state index is -1.71. The van der Waals surface area contributed by atoms with Gasteiger partial charge in [-0.25, -0.2) is 0 Å². The average molecular weight is 129 g/mol. The quantitative estimate of drug-likeness (QED) is 0.447. The summed E-state index contributed by atoms with van der Waals surface area (Å²) in [5.41, 5.74) is 0.644. The first kappa shape index (κ1) is 5.45. The molecule has 0 aromatic carbocycles. The minimum Gasteiger partial charge on any atom is -0.427 e. The monoisotopic (exact) mass is 129 g/mol. The lowest BCUT2D eigenvalue weighted by molar-refractivity contribution is 0.591. The molecule has 0 aliphatic rings. The Kier molecular flexibility index (Phi) is 1.40. The third kappa shape index (κ3) is 0.931. The van der Waals surface area contributed by atoms with E-state index in [1.54, 1.807) is 6.55 Å². The molecule has 1 atom stereocenters. The molecular formula is C3H7N3OSi. The highest BCUT2D eigenvalue weighted by Gasteiger charge is 2.03. The van der Waals surface area contributed by atoms with Crippen LogP contribution >= 0.6 is 0 Å². The summed E-state index contributed by atoms with van der Waals surface area (Å²) in [5.74, 6) is 0. The third-order valence-electron chi connectivity index (χ3n) is 0.831. The van der Waals surface area contributed by atoms with Crippen molar-refractivity contribution in [3.8, 4) is 0 Å². The zero-order valence-corrected chi connectivity index (χ0v) is 5.65. The van der Waals surface area contributed by atoms with Gasteiger partial charge >= 0.3 is 0 Å². The van der Waals surface area contributed by atoms with Gasteiger partial charge in [-0.2, -0.15) is 0 Å². The number of aromatic nitrogens is 3. The standard InChI is InChI=1S/C3H7N3OSi/c1-8(7)3-4-2-5-6-3/h2,7-8H,1H3,(H,4,5,6). The highest BCUT2D eigenvalue weighted by atomic mass is 28.3. The highest BCUT2D eigenvalue weighted by molar-refractivity contribution is 6.62. The fraction of sp³-hybridized carbons (Fsp3) is 0.333. The number of aromatic amines is 1. The van der Waals surface area contributed by atoms with Crippen molar-refractivity contribution >= 4 is 14.5 Å². The van der Waals surface area contributed by atoms with Crippen molar-refractivity contribution in [2.75, 3.05) is 0 Å². The summed E-state index contributed by atoms with van der Waals surface area (Å²) in [6.45, 7) is 1.76. The molecule has 8 heavy (non-hydrogen) atoms. The summed E-state index contributed by atoms with van der Waals surface area (Å²) in [7, 11) is -1.71. The van der Waals surface area contributed by atoms with Gasteiger partial charge in [-0.3, -0.25) is 0 Å². The molecule has 5 heteroatoms. The van der Waals surface area contributed by atoms with Crippen molar-refractivity contribution in [3.05, 3.63) is 6.33 Å². The predicted octanol–water partition coefficient (Wildman–Crippen LogP) is -1.64. The second-order valence-corrected chi connectivity index (χ2v) is 3.45. The molecule has 0 fully saturated rings. The van der Waals surface area contributed by atoms with Gasteiger partial charge in [-0.1, -0.05) is 0 Å². The smallest absolute Gasteiger partial charge is 0.244 e. The fourth-order valence-corrected chi connectivity index (χ4v) is 0.969. The number of hydrogen-bond acceptors (Lipinski definition) is 3. The van der Waals surface area contributed by atoms with Crippen LogP contribution in [-0.2, 0) is 0 Å². The Bertz CT molecular complexity index is 150. The van der Waals surface area contributed by atoms with Gasteiger partial charge in [0.25, 0.3) is 0 Å². The van der Waals surface area contributed by atoms with Crippen LogP contribution in [0.5, 0.6) is 0 Å². The van der Waals surface area contributed by atoms with E-state index in [1.807, 2.05) is 0 Å². The molecule has 0 bridgehead atoms. The molecule has 1 rings (SSSR count). The van der Waals surface area contributed by atoms with Crippen LogP contribution in [0.3, 0.4) is 0 Å². The molecule has 44 valence electrons. The van der Waals surface area contributed by atoms with Gasteiger partial charge in [-0.15, -0.1) is 10.2 Å². The summed E-state index contributed by atoms with van der Waals surface area (Å²) < 4.78 is 0. The van der Waals surface area contributed by atoms with Crippen LogP contribution in [0, 0.1) is 0 Å².